The number of aryl methyl sites for hydroxylation is 1. The van der Waals surface area contributed by atoms with Crippen molar-refractivity contribution in [1.82, 2.24) is 4.57 Å². The summed E-state index contributed by atoms with van der Waals surface area (Å²) in [6.45, 7) is 4.92. The molecule has 212 valence electrons. The van der Waals surface area contributed by atoms with Gasteiger partial charge in [-0.2, -0.15) is 0 Å². The first-order valence-electron chi connectivity index (χ1n) is 13.9. The van der Waals surface area contributed by atoms with E-state index in [4.69, 9.17) is 4.74 Å². The van der Waals surface area contributed by atoms with Gasteiger partial charge in [0, 0.05) is 17.4 Å². The zero-order valence-electron chi connectivity index (χ0n) is 23.4. The van der Waals surface area contributed by atoms with Gasteiger partial charge in [0.1, 0.15) is 23.9 Å². The van der Waals surface area contributed by atoms with Gasteiger partial charge in [0.15, 0.2) is 9.84 Å². The van der Waals surface area contributed by atoms with Crippen molar-refractivity contribution in [3.8, 4) is 28.5 Å². The van der Waals surface area contributed by atoms with Crippen LogP contribution in [0.15, 0.2) is 95.9 Å². The van der Waals surface area contributed by atoms with Gasteiger partial charge >= 0.3 is 0 Å². The molecule has 0 amide bonds. The SMILES string of the molecule is CCCCCS(=O)(=O)c1cccc(COc2cccc(Cn3c(-c4ccc(O)cc4)c(C)c4cc(O)ccc43)c2)c1. The zero-order chi connectivity index (χ0) is 29.0. The third kappa shape index (κ3) is 6.41. The monoisotopic (exact) mass is 569 g/mol. The number of rotatable bonds is 11. The lowest BCUT2D eigenvalue weighted by Crippen LogP contribution is -2.08. The first kappa shape index (κ1) is 28.3. The molecule has 0 aliphatic rings. The van der Waals surface area contributed by atoms with Gasteiger partial charge in [0.25, 0.3) is 0 Å². The smallest absolute Gasteiger partial charge is 0.178 e. The number of unbranched alkanes of at least 4 members (excludes halogenated alkanes) is 2. The minimum absolute atomic E-state index is 0.159. The Balaban J connectivity index is 1.39. The summed E-state index contributed by atoms with van der Waals surface area (Å²) >= 11 is 0. The molecule has 0 aliphatic carbocycles. The summed E-state index contributed by atoms with van der Waals surface area (Å²) in [7, 11) is -3.32. The number of sulfone groups is 1. The first-order valence-corrected chi connectivity index (χ1v) is 15.5. The maximum absolute atomic E-state index is 12.7. The van der Waals surface area contributed by atoms with Gasteiger partial charge in [0.2, 0.25) is 0 Å². The van der Waals surface area contributed by atoms with E-state index in [9.17, 15) is 18.6 Å². The summed E-state index contributed by atoms with van der Waals surface area (Å²) in [5.74, 6) is 1.27. The molecular formula is C34H35NO5S. The van der Waals surface area contributed by atoms with Crippen LogP contribution in [0.4, 0.5) is 0 Å². The maximum atomic E-state index is 12.7. The first-order chi connectivity index (χ1) is 19.7. The highest BCUT2D eigenvalue weighted by Gasteiger charge is 2.18. The van der Waals surface area contributed by atoms with E-state index >= 15 is 0 Å². The Morgan fingerprint density at radius 3 is 2.32 bits per heavy atom. The van der Waals surface area contributed by atoms with Gasteiger partial charge < -0.3 is 19.5 Å². The summed E-state index contributed by atoms with van der Waals surface area (Å²) in [6.07, 6.45) is 2.54. The minimum Gasteiger partial charge on any atom is -0.508 e. The van der Waals surface area contributed by atoms with Gasteiger partial charge in [-0.15, -0.1) is 0 Å². The number of phenolic OH excluding ortho intramolecular Hbond substituents is 2. The number of hydrogen-bond donors (Lipinski definition) is 2. The van der Waals surface area contributed by atoms with Crippen LogP contribution >= 0.6 is 0 Å². The molecule has 0 atom stereocenters. The quantitative estimate of drug-likeness (QED) is 0.160. The molecule has 41 heavy (non-hydrogen) atoms. The van der Waals surface area contributed by atoms with Crippen LogP contribution < -0.4 is 4.74 Å². The van der Waals surface area contributed by atoms with Crippen LogP contribution in [0, 0.1) is 6.92 Å². The van der Waals surface area contributed by atoms with Crippen molar-refractivity contribution in [3.05, 3.63) is 108 Å². The minimum atomic E-state index is -3.32. The predicted octanol–water partition coefficient (Wildman–Crippen LogP) is 7.62. The second kappa shape index (κ2) is 12.1. The third-order valence-corrected chi connectivity index (χ3v) is 9.16. The topological polar surface area (TPSA) is 88.8 Å². The van der Waals surface area contributed by atoms with E-state index in [1.807, 2.05) is 55.5 Å². The molecule has 0 unspecified atom stereocenters. The van der Waals surface area contributed by atoms with Crippen LogP contribution in [-0.4, -0.2) is 29.0 Å². The second-order valence-electron chi connectivity index (χ2n) is 10.4. The van der Waals surface area contributed by atoms with Crippen molar-refractivity contribution in [1.29, 1.82) is 0 Å². The lowest BCUT2D eigenvalue weighted by Gasteiger charge is -2.14. The van der Waals surface area contributed by atoms with Crippen molar-refractivity contribution in [2.24, 2.45) is 0 Å². The number of hydrogen-bond acceptors (Lipinski definition) is 5. The Kier molecular flexibility index (Phi) is 8.36. The Labute approximate surface area is 241 Å². The number of fused-ring (bicyclic) bond motifs is 1. The maximum Gasteiger partial charge on any atom is 0.178 e. The summed E-state index contributed by atoms with van der Waals surface area (Å²) in [5, 5.41) is 21.0. The normalized spacial score (nSPS) is 11.7. The molecule has 6 nitrogen and oxygen atoms in total. The molecule has 0 saturated carbocycles. The fourth-order valence-corrected chi connectivity index (χ4v) is 6.67. The van der Waals surface area contributed by atoms with Crippen LogP contribution in [0.5, 0.6) is 17.2 Å². The fraction of sp³-hybridized carbons (Fsp3) is 0.235. The number of aromatic nitrogens is 1. The number of phenols is 2. The molecule has 0 spiro atoms. The summed E-state index contributed by atoms with van der Waals surface area (Å²) in [4.78, 5) is 0.339. The fourth-order valence-electron chi connectivity index (χ4n) is 5.24. The van der Waals surface area contributed by atoms with Crippen LogP contribution in [0.3, 0.4) is 0 Å². The van der Waals surface area contributed by atoms with Gasteiger partial charge in [0.05, 0.1) is 16.3 Å². The summed E-state index contributed by atoms with van der Waals surface area (Å²) in [5.41, 5.74) is 5.83. The molecular weight excluding hydrogens is 534 g/mol. The Bertz CT molecular complexity index is 1770. The van der Waals surface area contributed by atoms with E-state index < -0.39 is 9.84 Å². The molecule has 0 radical (unpaired) electrons. The summed E-state index contributed by atoms with van der Waals surface area (Å²) in [6, 6.07) is 27.4. The predicted molar refractivity (Wildman–Crippen MR) is 163 cm³/mol. The number of benzene rings is 4. The van der Waals surface area contributed by atoms with E-state index in [0.29, 0.717) is 23.6 Å². The Morgan fingerprint density at radius 1 is 0.805 bits per heavy atom. The van der Waals surface area contributed by atoms with Crippen LogP contribution in [-0.2, 0) is 23.0 Å². The molecule has 1 aromatic heterocycles. The standard InChI is InChI=1S/C34H35NO5S/c1-3-4-5-18-41(38,39)31-11-7-9-26(20-31)23-40-30-10-6-8-25(19-30)22-35-33-17-16-29(37)21-32(33)24(2)34(35)27-12-14-28(36)15-13-27/h6-17,19-21,36-37H,3-5,18,22-23H2,1-2H3. The van der Waals surface area contributed by atoms with Crippen LogP contribution in [0.25, 0.3) is 22.2 Å². The lowest BCUT2D eigenvalue weighted by atomic mass is 10.1. The molecule has 0 aliphatic heterocycles. The van der Waals surface area contributed by atoms with Gasteiger partial charge in [-0.3, -0.25) is 0 Å². The van der Waals surface area contributed by atoms with E-state index in [2.05, 4.69) is 11.5 Å². The molecule has 4 aromatic carbocycles. The largest absolute Gasteiger partial charge is 0.508 e. The van der Waals surface area contributed by atoms with Gasteiger partial charge in [-0.05, 0) is 102 Å². The highest BCUT2D eigenvalue weighted by Crippen LogP contribution is 2.36. The molecule has 5 aromatic rings. The Morgan fingerprint density at radius 2 is 1.54 bits per heavy atom. The van der Waals surface area contributed by atoms with E-state index in [0.717, 1.165) is 51.7 Å². The molecule has 2 N–H and O–H groups in total. The highest BCUT2D eigenvalue weighted by atomic mass is 32.2. The van der Waals surface area contributed by atoms with E-state index in [-0.39, 0.29) is 23.9 Å². The van der Waals surface area contributed by atoms with Crippen molar-refractivity contribution < 1.29 is 23.4 Å². The van der Waals surface area contributed by atoms with Crippen molar-refractivity contribution >= 4 is 20.7 Å². The molecule has 0 bridgehead atoms. The molecule has 5 rings (SSSR count). The van der Waals surface area contributed by atoms with Crippen molar-refractivity contribution in [3.63, 3.8) is 0 Å². The van der Waals surface area contributed by atoms with E-state index in [1.165, 1.54) is 0 Å². The molecule has 7 heteroatoms. The number of aromatic hydroxyl groups is 2. The van der Waals surface area contributed by atoms with Gasteiger partial charge in [-0.25, -0.2) is 8.42 Å². The van der Waals surface area contributed by atoms with Crippen LogP contribution in [0.1, 0.15) is 42.9 Å². The van der Waals surface area contributed by atoms with Crippen LogP contribution in [0.2, 0.25) is 0 Å². The number of nitrogens with zero attached hydrogens (tertiary/aromatic N) is 1. The average molecular weight is 570 g/mol. The zero-order valence-corrected chi connectivity index (χ0v) is 24.2. The molecule has 0 fully saturated rings. The Hall–Kier alpha value is -4.23. The summed E-state index contributed by atoms with van der Waals surface area (Å²) < 4.78 is 33.8. The number of ether oxygens (including phenoxy) is 1. The van der Waals surface area contributed by atoms with Crippen molar-refractivity contribution in [2.75, 3.05) is 5.75 Å². The third-order valence-electron chi connectivity index (χ3n) is 7.36. The average Bonchev–Trinajstić information content (AvgIpc) is 3.23. The second-order valence-corrected chi connectivity index (χ2v) is 12.5. The highest BCUT2D eigenvalue weighted by molar-refractivity contribution is 7.91. The van der Waals surface area contributed by atoms with E-state index in [1.54, 1.807) is 42.5 Å². The lowest BCUT2D eigenvalue weighted by molar-refractivity contribution is 0.305. The van der Waals surface area contributed by atoms with Crippen molar-refractivity contribution in [2.45, 2.75) is 51.2 Å². The van der Waals surface area contributed by atoms with Gasteiger partial charge in [-0.1, -0.05) is 44.0 Å². The molecule has 0 saturated heterocycles. The molecule has 1 heterocycles.